The number of amides is 1. The minimum atomic E-state index is -4.22. The molecule has 2 aromatic heterocycles. The van der Waals surface area contributed by atoms with Crippen LogP contribution in [0.4, 0.5) is 5.82 Å². The number of aromatic nitrogens is 2. The number of nitrogens with zero attached hydrogens (tertiary/aromatic N) is 2. The molecule has 1 fully saturated rings. The highest BCUT2D eigenvalue weighted by atomic mass is 35.5. The van der Waals surface area contributed by atoms with Crippen LogP contribution in [0.2, 0.25) is 5.15 Å². The van der Waals surface area contributed by atoms with Gasteiger partial charge in [0.15, 0.2) is 5.03 Å². The molecule has 4 rings (SSSR count). The molecule has 1 amide bonds. The van der Waals surface area contributed by atoms with Crippen LogP contribution in [0.3, 0.4) is 0 Å². The second-order valence-electron chi connectivity index (χ2n) is 9.79. The normalized spacial score (nSPS) is 19.3. The molecule has 9 nitrogen and oxygen atoms in total. The van der Waals surface area contributed by atoms with Crippen molar-refractivity contribution in [2.75, 3.05) is 25.0 Å². The van der Waals surface area contributed by atoms with Gasteiger partial charge in [-0.2, -0.15) is 8.42 Å². The number of carbonyl (C=O) groups is 1. The first-order valence-electron chi connectivity index (χ1n) is 12.2. The molecule has 36 heavy (non-hydrogen) atoms. The van der Waals surface area contributed by atoms with Gasteiger partial charge in [0.25, 0.3) is 15.9 Å². The molecule has 0 aromatic carbocycles. The molecule has 194 valence electrons. The molecule has 0 bridgehead atoms. The van der Waals surface area contributed by atoms with Gasteiger partial charge >= 0.3 is 0 Å². The van der Waals surface area contributed by atoms with Crippen molar-refractivity contribution in [1.29, 1.82) is 0 Å². The highest BCUT2D eigenvalue weighted by molar-refractivity contribution is 7.90. The topological polar surface area (TPSA) is 122 Å². The summed E-state index contributed by atoms with van der Waals surface area (Å²) in [5.41, 5.74) is 0.628. The minimum Gasteiger partial charge on any atom is -0.492 e. The van der Waals surface area contributed by atoms with Gasteiger partial charge < -0.3 is 15.4 Å². The van der Waals surface area contributed by atoms with Crippen LogP contribution in [0.1, 0.15) is 62.0 Å². The highest BCUT2D eigenvalue weighted by Gasteiger charge is 2.29. The van der Waals surface area contributed by atoms with Crippen LogP contribution in [0.5, 0.6) is 0 Å². The molecular formula is C25H32ClN5O4S. The quantitative estimate of drug-likeness (QED) is 0.327. The van der Waals surface area contributed by atoms with Crippen molar-refractivity contribution in [3.63, 3.8) is 0 Å². The van der Waals surface area contributed by atoms with Gasteiger partial charge in [-0.15, -0.1) is 0 Å². The second kappa shape index (κ2) is 11.1. The maximum Gasteiger partial charge on any atom is 0.281 e. The zero-order valence-electron chi connectivity index (χ0n) is 20.5. The molecule has 1 atom stereocenters. The lowest BCUT2D eigenvalue weighted by Crippen LogP contribution is -2.31. The summed E-state index contributed by atoms with van der Waals surface area (Å²) < 4.78 is 33.3. The fourth-order valence-corrected chi connectivity index (χ4v) is 5.64. The third kappa shape index (κ3) is 6.74. The standard InChI is InChI=1S/C25H32ClN5O4S/c1-25(2)15-17(16-28-25)7-6-13-27-21-9-5-10-22(30-21)36(33,34)31-24(32)18-11-12-19(29-23(18)26)20-8-3-4-14-35-20/h5,8-12,17,28H,3-4,6-7,13-16H2,1-2H3,(H,27,30)(H,31,32)/t17-/m0/s1. The van der Waals surface area contributed by atoms with Gasteiger partial charge in [-0.05, 0) is 88.8 Å². The molecule has 2 aliphatic heterocycles. The predicted molar refractivity (Wildman–Crippen MR) is 139 cm³/mol. The largest absolute Gasteiger partial charge is 0.492 e. The Labute approximate surface area is 217 Å². The lowest BCUT2D eigenvalue weighted by atomic mass is 9.94. The smallest absolute Gasteiger partial charge is 0.281 e. The fourth-order valence-electron chi connectivity index (χ4n) is 4.47. The minimum absolute atomic E-state index is 0.0562. The highest BCUT2D eigenvalue weighted by Crippen LogP contribution is 2.26. The first kappa shape index (κ1) is 26.4. The summed E-state index contributed by atoms with van der Waals surface area (Å²) in [6, 6.07) is 7.63. The number of pyridine rings is 2. The molecule has 2 aromatic rings. The van der Waals surface area contributed by atoms with E-state index in [1.165, 1.54) is 12.1 Å². The van der Waals surface area contributed by atoms with Crippen LogP contribution >= 0.6 is 11.6 Å². The van der Waals surface area contributed by atoms with E-state index in [2.05, 4.69) is 34.4 Å². The molecule has 1 saturated heterocycles. The average Bonchev–Trinajstić information content (AvgIpc) is 3.20. The summed E-state index contributed by atoms with van der Waals surface area (Å²) in [7, 11) is -4.22. The number of hydrogen-bond donors (Lipinski definition) is 3. The number of allylic oxidation sites excluding steroid dienone is 1. The van der Waals surface area contributed by atoms with Crippen LogP contribution < -0.4 is 15.4 Å². The first-order chi connectivity index (χ1) is 17.1. The number of ether oxygens (including phenoxy) is 1. The van der Waals surface area contributed by atoms with Crippen molar-refractivity contribution in [1.82, 2.24) is 20.0 Å². The second-order valence-corrected chi connectivity index (χ2v) is 11.8. The molecular weight excluding hydrogens is 502 g/mol. The Kier molecular flexibility index (Phi) is 8.17. The first-order valence-corrected chi connectivity index (χ1v) is 14.0. The van der Waals surface area contributed by atoms with Crippen molar-refractivity contribution in [3.05, 3.63) is 52.8 Å². The Hall–Kier alpha value is -2.69. The van der Waals surface area contributed by atoms with Crippen molar-refractivity contribution >= 4 is 39.1 Å². The summed E-state index contributed by atoms with van der Waals surface area (Å²) in [6.07, 6.45) is 6.87. The molecule has 4 heterocycles. The molecule has 0 spiro atoms. The summed E-state index contributed by atoms with van der Waals surface area (Å²) in [6.45, 7) is 6.70. The maximum absolute atomic E-state index is 12.8. The zero-order chi connectivity index (χ0) is 25.8. The third-order valence-electron chi connectivity index (χ3n) is 6.27. The molecule has 0 radical (unpaired) electrons. The van der Waals surface area contributed by atoms with Gasteiger partial charge in [0.1, 0.15) is 22.4 Å². The van der Waals surface area contributed by atoms with Crippen molar-refractivity contribution in [2.24, 2.45) is 5.92 Å². The molecule has 0 saturated carbocycles. The Morgan fingerprint density at radius 2 is 2.08 bits per heavy atom. The number of sulfonamides is 1. The number of anilines is 1. The Balaban J connectivity index is 1.35. The van der Waals surface area contributed by atoms with Crippen LogP contribution in [-0.2, 0) is 14.8 Å². The summed E-state index contributed by atoms with van der Waals surface area (Å²) in [4.78, 5) is 21.1. The Morgan fingerprint density at radius 1 is 1.25 bits per heavy atom. The van der Waals surface area contributed by atoms with Gasteiger partial charge in [-0.1, -0.05) is 17.7 Å². The summed E-state index contributed by atoms with van der Waals surface area (Å²) in [5, 5.41) is 6.33. The van der Waals surface area contributed by atoms with Crippen molar-refractivity contribution < 1.29 is 17.9 Å². The van der Waals surface area contributed by atoms with E-state index in [4.69, 9.17) is 16.3 Å². The number of nitrogens with one attached hydrogen (secondary N) is 3. The van der Waals surface area contributed by atoms with E-state index >= 15 is 0 Å². The van der Waals surface area contributed by atoms with E-state index in [-0.39, 0.29) is 21.3 Å². The van der Waals surface area contributed by atoms with E-state index in [0.29, 0.717) is 36.3 Å². The average molecular weight is 534 g/mol. The zero-order valence-corrected chi connectivity index (χ0v) is 22.1. The number of rotatable bonds is 9. The van der Waals surface area contributed by atoms with Gasteiger partial charge in [-0.3, -0.25) is 4.79 Å². The molecule has 3 N–H and O–H groups in total. The van der Waals surface area contributed by atoms with E-state index in [9.17, 15) is 13.2 Å². The van der Waals surface area contributed by atoms with Crippen LogP contribution in [0.15, 0.2) is 41.4 Å². The summed E-state index contributed by atoms with van der Waals surface area (Å²) >= 11 is 6.20. The third-order valence-corrected chi connectivity index (χ3v) is 7.79. The van der Waals surface area contributed by atoms with E-state index < -0.39 is 15.9 Å². The number of carbonyl (C=O) groups excluding carboxylic acids is 1. The maximum atomic E-state index is 12.8. The van der Waals surface area contributed by atoms with Gasteiger partial charge in [0.05, 0.1) is 12.2 Å². The van der Waals surface area contributed by atoms with E-state index in [0.717, 1.165) is 38.6 Å². The SMILES string of the molecule is CC1(C)C[C@H](CCCNc2cccc(S(=O)(=O)NC(=O)c3ccc(C4=CCCCO4)nc3Cl)n2)CN1. The van der Waals surface area contributed by atoms with Gasteiger partial charge in [0, 0.05) is 12.1 Å². The summed E-state index contributed by atoms with van der Waals surface area (Å²) in [5.74, 6) is 0.782. The Morgan fingerprint density at radius 3 is 2.78 bits per heavy atom. The van der Waals surface area contributed by atoms with Crippen LogP contribution in [0.25, 0.3) is 5.76 Å². The van der Waals surface area contributed by atoms with E-state index in [1.54, 1.807) is 18.2 Å². The lowest BCUT2D eigenvalue weighted by molar-refractivity contribution is 0.0981. The fraction of sp³-hybridized carbons (Fsp3) is 0.480. The van der Waals surface area contributed by atoms with Crippen molar-refractivity contribution in [2.45, 2.75) is 56.5 Å². The van der Waals surface area contributed by atoms with Crippen LogP contribution in [0, 0.1) is 5.92 Å². The van der Waals surface area contributed by atoms with E-state index in [1.807, 2.05) is 10.8 Å². The molecule has 0 aliphatic carbocycles. The van der Waals surface area contributed by atoms with Gasteiger partial charge in [-0.25, -0.2) is 14.7 Å². The molecule has 0 unspecified atom stereocenters. The lowest BCUT2D eigenvalue weighted by Gasteiger charge is -2.17. The predicted octanol–water partition coefficient (Wildman–Crippen LogP) is 3.98. The number of halogens is 1. The van der Waals surface area contributed by atoms with Crippen LogP contribution in [-0.4, -0.2) is 49.5 Å². The van der Waals surface area contributed by atoms with Crippen molar-refractivity contribution in [3.8, 4) is 0 Å². The number of hydrogen-bond acceptors (Lipinski definition) is 8. The Bertz CT molecular complexity index is 1250. The molecule has 11 heteroatoms. The van der Waals surface area contributed by atoms with Gasteiger partial charge in [0.2, 0.25) is 0 Å². The molecule has 2 aliphatic rings. The monoisotopic (exact) mass is 533 g/mol.